The molecule has 7 heteroatoms. The average molecular weight is 387 g/mol. The van der Waals surface area contributed by atoms with Crippen LogP contribution in [-0.2, 0) is 14.3 Å². The molecule has 1 heterocycles. The maximum absolute atomic E-state index is 12.7. The molecule has 0 bridgehead atoms. The van der Waals surface area contributed by atoms with Crippen molar-refractivity contribution in [3.63, 3.8) is 0 Å². The van der Waals surface area contributed by atoms with E-state index in [0.717, 1.165) is 0 Å². The molecule has 1 aromatic rings. The van der Waals surface area contributed by atoms with E-state index < -0.39 is 5.60 Å². The maximum Gasteiger partial charge on any atom is 0.410 e. The lowest BCUT2D eigenvalue weighted by Gasteiger charge is -2.36. The van der Waals surface area contributed by atoms with Gasteiger partial charge in [0.25, 0.3) is 0 Å². The largest absolute Gasteiger partial charge is 0.444 e. The quantitative estimate of drug-likeness (QED) is 0.772. The lowest BCUT2D eigenvalue weighted by molar-refractivity contribution is -0.122. The van der Waals surface area contributed by atoms with Gasteiger partial charge in [0.15, 0.2) is 0 Å². The van der Waals surface area contributed by atoms with Gasteiger partial charge in [-0.15, -0.1) is 0 Å². The second kappa shape index (κ2) is 8.91. The zero-order chi connectivity index (χ0) is 20.9. The lowest BCUT2D eigenvalue weighted by Crippen LogP contribution is -2.48. The molecule has 3 amide bonds. The van der Waals surface area contributed by atoms with Crippen molar-refractivity contribution in [2.24, 2.45) is 11.8 Å². The number of nitrogens with one attached hydrogen (secondary N) is 2. The first-order valence-corrected chi connectivity index (χ1v) is 9.39. The van der Waals surface area contributed by atoms with Crippen LogP contribution in [0.1, 0.15) is 34.1 Å². The number of carbonyl (C=O) groups excluding carboxylic acids is 3. The van der Waals surface area contributed by atoms with Crippen molar-refractivity contribution in [3.8, 4) is 0 Å². The summed E-state index contributed by atoms with van der Waals surface area (Å²) in [5.74, 6) is -0.539. The Balaban J connectivity index is 1.98. The molecule has 0 saturated carbocycles. The van der Waals surface area contributed by atoms with Crippen LogP contribution >= 0.6 is 0 Å². The molecule has 1 fully saturated rings. The smallest absolute Gasteiger partial charge is 0.410 e. The van der Waals surface area contributed by atoms with Crippen LogP contribution < -0.4 is 10.6 Å². The van der Waals surface area contributed by atoms with Gasteiger partial charge in [-0.3, -0.25) is 9.59 Å². The molecule has 28 heavy (non-hydrogen) atoms. The fourth-order valence-electron chi connectivity index (χ4n) is 3.09. The summed E-state index contributed by atoms with van der Waals surface area (Å²) in [5.41, 5.74) is 0.673. The molecule has 0 spiro atoms. The molecule has 2 unspecified atom stereocenters. The van der Waals surface area contributed by atoms with Crippen LogP contribution in [0.4, 0.5) is 16.2 Å². The Kier molecular flexibility index (Phi) is 6.83. The second-order valence-corrected chi connectivity index (χ2v) is 8.18. The van der Waals surface area contributed by atoms with Crippen LogP contribution in [0.5, 0.6) is 0 Å². The van der Waals surface area contributed by atoms with Gasteiger partial charge in [-0.1, -0.05) is 13.5 Å². The van der Waals surface area contributed by atoms with Crippen LogP contribution in [0.15, 0.2) is 36.9 Å². The summed E-state index contributed by atoms with van der Waals surface area (Å²) >= 11 is 0. The second-order valence-electron chi connectivity index (χ2n) is 8.18. The van der Waals surface area contributed by atoms with Crippen molar-refractivity contribution in [1.29, 1.82) is 0 Å². The number of hydrogen-bond acceptors (Lipinski definition) is 4. The molecule has 1 aliphatic rings. The van der Waals surface area contributed by atoms with Crippen molar-refractivity contribution < 1.29 is 19.1 Å². The van der Waals surface area contributed by atoms with Gasteiger partial charge in [-0.05, 0) is 63.5 Å². The standard InChI is InChI=1S/C21H29N3O4/c1-6-18(25)22-16-7-9-17(10-8-16)23-19(26)15-11-14(2)12-24(13-15)20(27)28-21(3,4)5/h6-10,14-15H,1,11-13H2,2-5H3,(H,22,25)(H,23,26). The predicted molar refractivity (Wildman–Crippen MR) is 109 cm³/mol. The molecule has 0 radical (unpaired) electrons. The Hall–Kier alpha value is -2.83. The van der Waals surface area contributed by atoms with Crippen molar-refractivity contribution in [3.05, 3.63) is 36.9 Å². The molecule has 0 aliphatic carbocycles. The van der Waals surface area contributed by atoms with Crippen LogP contribution in [0.25, 0.3) is 0 Å². The highest BCUT2D eigenvalue weighted by Gasteiger charge is 2.34. The maximum atomic E-state index is 12.7. The van der Waals surface area contributed by atoms with E-state index in [2.05, 4.69) is 17.2 Å². The van der Waals surface area contributed by atoms with E-state index in [1.807, 2.05) is 27.7 Å². The van der Waals surface area contributed by atoms with Crippen LogP contribution in [0, 0.1) is 11.8 Å². The van der Waals surface area contributed by atoms with Gasteiger partial charge in [0, 0.05) is 24.5 Å². The van der Waals surface area contributed by atoms with Crippen molar-refractivity contribution in [2.75, 3.05) is 23.7 Å². The van der Waals surface area contributed by atoms with E-state index in [9.17, 15) is 14.4 Å². The molecule has 0 aromatic heterocycles. The summed E-state index contributed by atoms with van der Waals surface area (Å²) < 4.78 is 5.44. The van der Waals surface area contributed by atoms with Gasteiger partial charge >= 0.3 is 6.09 Å². The molecule has 1 aliphatic heterocycles. The fraction of sp³-hybridized carbons (Fsp3) is 0.476. The van der Waals surface area contributed by atoms with Gasteiger partial charge in [-0.25, -0.2) is 4.79 Å². The normalized spacial score (nSPS) is 19.5. The minimum absolute atomic E-state index is 0.136. The first-order valence-electron chi connectivity index (χ1n) is 9.39. The van der Waals surface area contributed by atoms with E-state index in [1.165, 1.54) is 6.08 Å². The highest BCUT2D eigenvalue weighted by molar-refractivity contribution is 5.99. The number of nitrogens with zero attached hydrogens (tertiary/aromatic N) is 1. The topological polar surface area (TPSA) is 87.7 Å². The Bertz CT molecular complexity index is 737. The Morgan fingerprint density at radius 2 is 1.68 bits per heavy atom. The molecule has 7 nitrogen and oxygen atoms in total. The van der Waals surface area contributed by atoms with Gasteiger partial charge in [0.05, 0.1) is 5.92 Å². The molecular formula is C21H29N3O4. The van der Waals surface area contributed by atoms with Crippen molar-refractivity contribution in [1.82, 2.24) is 4.90 Å². The lowest BCUT2D eigenvalue weighted by atomic mass is 9.90. The Morgan fingerprint density at radius 1 is 1.11 bits per heavy atom. The van der Waals surface area contributed by atoms with E-state index in [-0.39, 0.29) is 29.7 Å². The predicted octanol–water partition coefficient (Wildman–Crippen LogP) is 3.64. The van der Waals surface area contributed by atoms with E-state index >= 15 is 0 Å². The first-order chi connectivity index (χ1) is 13.1. The SMILES string of the molecule is C=CC(=O)Nc1ccc(NC(=O)C2CC(C)CN(C(=O)OC(C)(C)C)C2)cc1. The zero-order valence-corrected chi connectivity index (χ0v) is 17.0. The Labute approximate surface area is 166 Å². The summed E-state index contributed by atoms with van der Waals surface area (Å²) in [6, 6.07) is 6.84. The number of hydrogen-bond donors (Lipinski definition) is 2. The number of likely N-dealkylation sites (tertiary alicyclic amines) is 1. The minimum atomic E-state index is -0.571. The number of ether oxygens (including phenoxy) is 1. The highest BCUT2D eigenvalue weighted by Crippen LogP contribution is 2.25. The van der Waals surface area contributed by atoms with Gasteiger partial charge < -0.3 is 20.3 Å². The number of anilines is 2. The number of amides is 3. The molecule has 1 aromatic carbocycles. The molecule has 2 atom stereocenters. The van der Waals surface area contributed by atoms with Crippen LogP contribution in [-0.4, -0.2) is 41.5 Å². The van der Waals surface area contributed by atoms with Gasteiger partial charge in [0.1, 0.15) is 5.60 Å². The van der Waals surface area contributed by atoms with Crippen molar-refractivity contribution >= 4 is 29.3 Å². The molecule has 2 N–H and O–H groups in total. The van der Waals surface area contributed by atoms with Crippen molar-refractivity contribution in [2.45, 2.75) is 39.7 Å². The van der Waals surface area contributed by atoms with E-state index in [0.29, 0.717) is 30.9 Å². The number of carbonyl (C=O) groups is 3. The average Bonchev–Trinajstić information content (AvgIpc) is 2.61. The molecule has 1 saturated heterocycles. The molecule has 2 rings (SSSR count). The number of rotatable bonds is 4. The number of piperidine rings is 1. The summed E-state index contributed by atoms with van der Waals surface area (Å²) in [6.07, 6.45) is 1.51. The number of benzene rings is 1. The summed E-state index contributed by atoms with van der Waals surface area (Å²) in [4.78, 5) is 38.0. The molecular weight excluding hydrogens is 358 g/mol. The third-order valence-electron chi connectivity index (χ3n) is 4.29. The highest BCUT2D eigenvalue weighted by atomic mass is 16.6. The minimum Gasteiger partial charge on any atom is -0.444 e. The third-order valence-corrected chi connectivity index (χ3v) is 4.29. The summed E-state index contributed by atoms with van der Waals surface area (Å²) in [6.45, 7) is 11.8. The monoisotopic (exact) mass is 387 g/mol. The Morgan fingerprint density at radius 3 is 2.21 bits per heavy atom. The van der Waals surface area contributed by atoms with E-state index in [4.69, 9.17) is 4.74 Å². The first kappa shape index (κ1) is 21.5. The van der Waals surface area contributed by atoms with E-state index in [1.54, 1.807) is 29.2 Å². The summed E-state index contributed by atoms with van der Waals surface area (Å²) in [5, 5.41) is 5.53. The van der Waals surface area contributed by atoms with Crippen LogP contribution in [0.2, 0.25) is 0 Å². The zero-order valence-electron chi connectivity index (χ0n) is 17.0. The van der Waals surface area contributed by atoms with Gasteiger partial charge in [-0.2, -0.15) is 0 Å². The summed E-state index contributed by atoms with van der Waals surface area (Å²) in [7, 11) is 0. The fourth-order valence-corrected chi connectivity index (χ4v) is 3.09. The molecule has 152 valence electrons. The van der Waals surface area contributed by atoms with Crippen LogP contribution in [0.3, 0.4) is 0 Å². The third kappa shape index (κ3) is 6.40. The van der Waals surface area contributed by atoms with Gasteiger partial charge in [0.2, 0.25) is 11.8 Å².